The molecule has 0 aliphatic heterocycles. The number of nitrogens with zero attached hydrogens (tertiary/aromatic N) is 1. The van der Waals surface area contributed by atoms with Gasteiger partial charge >= 0.3 is 26.2 Å². The van der Waals surface area contributed by atoms with Crippen LogP contribution in [0.15, 0.2) is 0 Å². The molecule has 0 aliphatic carbocycles. The van der Waals surface area contributed by atoms with Gasteiger partial charge in [-0.3, -0.25) is 0 Å². The summed E-state index contributed by atoms with van der Waals surface area (Å²) >= 11 is 0. The first-order chi connectivity index (χ1) is 2.81. The molecule has 0 spiro atoms. The van der Waals surface area contributed by atoms with E-state index in [4.69, 9.17) is 5.26 Å². The number of rotatable bonds is 1. The van der Waals surface area contributed by atoms with Gasteiger partial charge in [0.15, 0.2) is 0 Å². The summed E-state index contributed by atoms with van der Waals surface area (Å²) < 4.78 is 0. The average Bonchev–Trinajstić information content (AvgIpc) is 1.65. The zero-order valence-corrected chi connectivity index (χ0v) is 7.81. The predicted molar refractivity (Wildman–Crippen MR) is 26.5 cm³/mol. The normalized spacial score (nSPS) is 11.0. The third-order valence-electron chi connectivity index (χ3n) is 0.833. The second-order valence-corrected chi connectivity index (χ2v) is 1.44. The molecule has 0 amide bonds. The van der Waals surface area contributed by atoms with Crippen molar-refractivity contribution < 1.29 is 26.2 Å². The van der Waals surface area contributed by atoms with Crippen LogP contribution in [-0.2, 0) is 0 Å². The predicted octanol–water partition coefficient (Wildman–Crippen LogP) is 1.29. The Labute approximate surface area is 63.8 Å². The summed E-state index contributed by atoms with van der Waals surface area (Å²) in [5.74, 6) is 0.241. The van der Waals surface area contributed by atoms with E-state index in [1.807, 2.05) is 13.8 Å². The van der Waals surface area contributed by atoms with E-state index < -0.39 is 0 Å². The molecule has 0 fully saturated rings. The zero-order valence-electron chi connectivity index (χ0n) is 4.64. The first-order valence-electron chi connectivity index (χ1n) is 2.20. The van der Waals surface area contributed by atoms with Crippen LogP contribution in [0.3, 0.4) is 0 Å². The van der Waals surface area contributed by atoms with Crippen molar-refractivity contribution in [3.8, 4) is 6.07 Å². The van der Waals surface area contributed by atoms with E-state index in [0.717, 1.165) is 6.42 Å². The molecule has 0 saturated carbocycles. The van der Waals surface area contributed by atoms with Gasteiger partial charge in [-0.25, -0.2) is 0 Å². The van der Waals surface area contributed by atoms with Crippen LogP contribution in [-0.4, -0.2) is 0 Å². The number of nitriles is 1. The second-order valence-electron chi connectivity index (χ2n) is 1.44. The zero-order chi connectivity index (χ0) is 4.99. The van der Waals surface area contributed by atoms with Gasteiger partial charge in [0.1, 0.15) is 0 Å². The van der Waals surface area contributed by atoms with Gasteiger partial charge < -0.3 is 0 Å². The summed E-state index contributed by atoms with van der Waals surface area (Å²) in [5.41, 5.74) is 0. The van der Waals surface area contributed by atoms with E-state index in [2.05, 4.69) is 6.07 Å². The van der Waals surface area contributed by atoms with Crippen LogP contribution in [0.1, 0.15) is 20.3 Å². The van der Waals surface area contributed by atoms with E-state index in [1.54, 1.807) is 0 Å². The van der Waals surface area contributed by atoms with Gasteiger partial charge in [-0.05, 0) is 13.3 Å². The van der Waals surface area contributed by atoms with Gasteiger partial charge in [-0.15, -0.1) is 0 Å². The summed E-state index contributed by atoms with van der Waals surface area (Å²) in [6.45, 7) is 3.92. The molecular weight excluding hydrogens is 284 g/mol. The molecule has 1 atom stereocenters. The fourth-order valence-electron chi connectivity index (χ4n) is 0.0913. The second kappa shape index (κ2) is 6.37. The summed E-state index contributed by atoms with van der Waals surface area (Å²) in [6, 6.07) is 2.11. The van der Waals surface area contributed by atoms with Gasteiger partial charge in [0.2, 0.25) is 0 Å². The van der Waals surface area contributed by atoms with E-state index >= 15 is 0 Å². The Bertz CT molecular complexity index is 65.0. The Kier molecular flexibility index (Phi) is 9.44. The van der Waals surface area contributed by atoms with Crippen LogP contribution in [0, 0.1) is 43.5 Å². The van der Waals surface area contributed by atoms with Crippen molar-refractivity contribution in [1.29, 1.82) is 5.26 Å². The Balaban J connectivity index is 0. The van der Waals surface area contributed by atoms with Crippen molar-refractivity contribution in [2.75, 3.05) is 0 Å². The van der Waals surface area contributed by atoms with Gasteiger partial charge in [-0.1, -0.05) is 6.92 Å². The fraction of sp³-hybridized carbons (Fsp3) is 0.800. The summed E-state index contributed by atoms with van der Waals surface area (Å²) in [6.07, 6.45) is 0.969. The van der Waals surface area contributed by atoms with Crippen molar-refractivity contribution >= 4 is 0 Å². The third-order valence-corrected chi connectivity index (χ3v) is 0.833. The summed E-state index contributed by atoms with van der Waals surface area (Å²) in [5, 5.41) is 8.08. The molecule has 0 N–H and O–H groups in total. The van der Waals surface area contributed by atoms with Crippen LogP contribution in [0.4, 0.5) is 0 Å². The number of hydrogen-bond acceptors (Lipinski definition) is 1. The van der Waals surface area contributed by atoms with Crippen LogP contribution >= 0.6 is 0 Å². The minimum atomic E-state index is 0. The van der Waals surface area contributed by atoms with E-state index in [0.29, 0.717) is 0 Å². The Morgan fingerprint density at radius 3 is 2.14 bits per heavy atom. The molecule has 2 heteroatoms. The maximum atomic E-state index is 8.08. The summed E-state index contributed by atoms with van der Waals surface area (Å²) in [7, 11) is 0. The molecule has 0 aromatic carbocycles. The van der Waals surface area contributed by atoms with Crippen LogP contribution < -0.4 is 0 Å². The minimum absolute atomic E-state index is 0. The molecule has 0 aromatic rings. The quantitative estimate of drug-likeness (QED) is 0.715. The SMILES string of the molecule is CCC(C)C#N.[AtH]. The molecule has 42 valence electrons. The van der Waals surface area contributed by atoms with E-state index in [9.17, 15) is 0 Å². The first-order valence-corrected chi connectivity index (χ1v) is 2.20. The fourth-order valence-corrected chi connectivity index (χ4v) is 0.0913. The molecule has 0 aromatic heterocycles. The molecule has 1 unspecified atom stereocenters. The van der Waals surface area contributed by atoms with Gasteiger partial charge in [0.25, 0.3) is 0 Å². The van der Waals surface area contributed by atoms with Gasteiger partial charge in [0.05, 0.1) is 6.07 Å². The van der Waals surface area contributed by atoms with Crippen molar-refractivity contribution in [1.82, 2.24) is 0 Å². The maximum absolute atomic E-state index is 8.08. The average molecular weight is 294 g/mol. The monoisotopic (exact) mass is 294 g/mol. The molecule has 0 radical (unpaired) electrons. The molecule has 0 heterocycles. The molecule has 0 rings (SSSR count). The van der Waals surface area contributed by atoms with Crippen molar-refractivity contribution in [2.24, 2.45) is 5.92 Å². The molecule has 7 heavy (non-hydrogen) atoms. The van der Waals surface area contributed by atoms with Gasteiger partial charge in [0, 0.05) is 5.92 Å². The van der Waals surface area contributed by atoms with Crippen molar-refractivity contribution in [3.05, 3.63) is 0 Å². The first kappa shape index (κ1) is 10.4. The standard InChI is InChI=1S/C5H9N.AtH/c1-3-5(2)4-6;/h5H,3H2,1-2H3;1H. The van der Waals surface area contributed by atoms with Crippen molar-refractivity contribution in [2.45, 2.75) is 20.3 Å². The topological polar surface area (TPSA) is 23.8 Å². The van der Waals surface area contributed by atoms with Crippen LogP contribution in [0.25, 0.3) is 0 Å². The molecule has 0 saturated heterocycles. The number of hydrogen-bond donors (Lipinski definition) is 0. The molecule has 1 nitrogen and oxygen atoms in total. The molecule has 0 aliphatic rings. The van der Waals surface area contributed by atoms with Crippen LogP contribution in [0.5, 0.6) is 0 Å². The van der Waals surface area contributed by atoms with Crippen molar-refractivity contribution in [3.63, 3.8) is 0 Å². The Morgan fingerprint density at radius 1 is 1.71 bits per heavy atom. The Morgan fingerprint density at radius 2 is 2.14 bits per heavy atom. The van der Waals surface area contributed by atoms with E-state index in [-0.39, 0.29) is 32.1 Å². The summed E-state index contributed by atoms with van der Waals surface area (Å²) in [4.78, 5) is 0. The van der Waals surface area contributed by atoms with Gasteiger partial charge in [-0.2, -0.15) is 5.26 Å². The van der Waals surface area contributed by atoms with E-state index in [1.165, 1.54) is 0 Å². The molecule has 0 bridgehead atoms. The third kappa shape index (κ3) is 6.37. The molecular formula is C5H10AtN. The Hall–Kier alpha value is 0.373. The van der Waals surface area contributed by atoms with Crippen LogP contribution in [0.2, 0.25) is 0 Å².